The van der Waals surface area contributed by atoms with E-state index in [4.69, 9.17) is 4.74 Å². The molecule has 21 heavy (non-hydrogen) atoms. The van der Waals surface area contributed by atoms with Gasteiger partial charge in [0.25, 0.3) is 5.91 Å². The van der Waals surface area contributed by atoms with Crippen molar-refractivity contribution in [3.63, 3.8) is 0 Å². The quantitative estimate of drug-likeness (QED) is 0.751. The summed E-state index contributed by atoms with van der Waals surface area (Å²) in [6.45, 7) is 8.12. The Kier molecular flexibility index (Phi) is 6.72. The minimum Gasteiger partial charge on any atom is -0.481 e. The van der Waals surface area contributed by atoms with Gasteiger partial charge in [-0.3, -0.25) is 9.59 Å². The minimum absolute atomic E-state index is 0.0201. The molecule has 2 amide bonds. The second-order valence-corrected chi connectivity index (χ2v) is 5.31. The number of carbonyl (C=O) groups excluding carboxylic acids is 2. The zero-order chi connectivity index (χ0) is 15.8. The molecule has 0 aliphatic carbocycles. The number of rotatable bonds is 7. The maximum atomic E-state index is 11.9. The first-order valence-corrected chi connectivity index (χ1v) is 7.19. The smallest absolute Gasteiger partial charge is 0.260 e. The van der Waals surface area contributed by atoms with Gasteiger partial charge in [-0.2, -0.15) is 0 Å². The van der Waals surface area contributed by atoms with E-state index >= 15 is 0 Å². The third kappa shape index (κ3) is 6.29. The Balaban J connectivity index is 2.30. The zero-order valence-electron chi connectivity index (χ0n) is 13.1. The Morgan fingerprint density at radius 1 is 1.10 bits per heavy atom. The fraction of sp³-hybridized carbons (Fsp3) is 0.500. The second kappa shape index (κ2) is 8.29. The van der Waals surface area contributed by atoms with Gasteiger partial charge in [0.1, 0.15) is 5.75 Å². The molecular formula is C16H24N2O3. The molecule has 2 N–H and O–H groups in total. The van der Waals surface area contributed by atoms with Crippen molar-refractivity contribution in [1.29, 1.82) is 0 Å². The Morgan fingerprint density at radius 3 is 2.29 bits per heavy atom. The van der Waals surface area contributed by atoms with Crippen LogP contribution in [0.3, 0.4) is 0 Å². The molecule has 0 aliphatic rings. The highest BCUT2D eigenvalue weighted by molar-refractivity contribution is 5.81. The summed E-state index contributed by atoms with van der Waals surface area (Å²) < 4.78 is 5.57. The van der Waals surface area contributed by atoms with Gasteiger partial charge in [-0.15, -0.1) is 0 Å². The summed E-state index contributed by atoms with van der Waals surface area (Å²) >= 11 is 0. The molecule has 0 unspecified atom stereocenters. The molecule has 0 radical (unpaired) electrons. The monoisotopic (exact) mass is 292 g/mol. The van der Waals surface area contributed by atoms with Crippen molar-refractivity contribution >= 4 is 11.8 Å². The Hall–Kier alpha value is -2.04. The van der Waals surface area contributed by atoms with Crippen LogP contribution in [0.15, 0.2) is 24.3 Å². The molecular weight excluding hydrogens is 268 g/mol. The normalized spacial score (nSPS) is 11.9. The molecule has 5 heteroatoms. The van der Waals surface area contributed by atoms with E-state index in [2.05, 4.69) is 10.6 Å². The van der Waals surface area contributed by atoms with E-state index < -0.39 is 6.10 Å². The number of benzene rings is 1. The summed E-state index contributed by atoms with van der Waals surface area (Å²) in [6, 6.07) is 7.55. The first-order valence-electron chi connectivity index (χ1n) is 7.19. The average molecular weight is 292 g/mol. The summed E-state index contributed by atoms with van der Waals surface area (Å²) in [5.41, 5.74) is 1.08. The van der Waals surface area contributed by atoms with Crippen LogP contribution in [0.2, 0.25) is 0 Å². The number of hydrogen-bond acceptors (Lipinski definition) is 3. The van der Waals surface area contributed by atoms with Gasteiger partial charge in [0, 0.05) is 19.0 Å². The topological polar surface area (TPSA) is 67.4 Å². The highest BCUT2D eigenvalue weighted by atomic mass is 16.5. The number of ether oxygens (including phenoxy) is 1. The van der Waals surface area contributed by atoms with Gasteiger partial charge in [0.15, 0.2) is 6.10 Å². The first kappa shape index (κ1) is 17.0. The Morgan fingerprint density at radius 2 is 1.71 bits per heavy atom. The standard InChI is InChI=1S/C16H24N2O3/c1-11(2)15(19)17-8-9-18-16(20)13(4)21-14-7-5-6-12(3)10-14/h5-7,10-11,13H,8-9H2,1-4H3,(H,17,19)(H,18,20)/t13-/m0/s1. The first-order chi connectivity index (χ1) is 9.90. The molecule has 5 nitrogen and oxygen atoms in total. The van der Waals surface area contributed by atoms with Crippen LogP contribution in [0.4, 0.5) is 0 Å². The number of hydrogen-bond donors (Lipinski definition) is 2. The number of carbonyl (C=O) groups is 2. The van der Waals surface area contributed by atoms with Crippen LogP contribution in [-0.4, -0.2) is 31.0 Å². The molecule has 0 saturated heterocycles. The summed E-state index contributed by atoms with van der Waals surface area (Å²) in [5, 5.41) is 5.47. The largest absolute Gasteiger partial charge is 0.481 e. The number of nitrogens with one attached hydrogen (secondary N) is 2. The van der Waals surface area contributed by atoms with E-state index in [1.165, 1.54) is 0 Å². The summed E-state index contributed by atoms with van der Waals surface area (Å²) in [6.07, 6.45) is -0.576. The molecule has 0 bridgehead atoms. The molecule has 1 aromatic rings. The molecule has 0 aromatic heterocycles. The van der Waals surface area contributed by atoms with Crippen molar-refractivity contribution in [2.45, 2.75) is 33.8 Å². The molecule has 0 heterocycles. The van der Waals surface area contributed by atoms with Crippen molar-refractivity contribution in [2.75, 3.05) is 13.1 Å². The Bertz CT molecular complexity index is 486. The fourth-order valence-electron chi connectivity index (χ4n) is 1.67. The van der Waals surface area contributed by atoms with E-state index in [1.807, 2.05) is 45.0 Å². The predicted octanol–water partition coefficient (Wildman–Crippen LogP) is 1.65. The summed E-state index contributed by atoms with van der Waals surface area (Å²) in [4.78, 5) is 23.2. The molecule has 116 valence electrons. The van der Waals surface area contributed by atoms with Crippen LogP contribution < -0.4 is 15.4 Å². The SMILES string of the molecule is Cc1cccc(O[C@@H](C)C(=O)NCCNC(=O)C(C)C)c1. The van der Waals surface area contributed by atoms with Crippen LogP contribution in [-0.2, 0) is 9.59 Å². The highest BCUT2D eigenvalue weighted by Crippen LogP contribution is 2.14. The van der Waals surface area contributed by atoms with Crippen LogP contribution in [0, 0.1) is 12.8 Å². The highest BCUT2D eigenvalue weighted by Gasteiger charge is 2.14. The summed E-state index contributed by atoms with van der Waals surface area (Å²) in [7, 11) is 0. The van der Waals surface area contributed by atoms with Gasteiger partial charge in [0.05, 0.1) is 0 Å². The van der Waals surface area contributed by atoms with E-state index in [1.54, 1.807) is 6.92 Å². The molecule has 1 atom stereocenters. The molecule has 0 fully saturated rings. The predicted molar refractivity (Wildman–Crippen MR) is 82.1 cm³/mol. The van der Waals surface area contributed by atoms with Crippen molar-refractivity contribution in [3.8, 4) is 5.75 Å². The molecule has 1 rings (SSSR count). The lowest BCUT2D eigenvalue weighted by atomic mass is 10.2. The summed E-state index contributed by atoms with van der Waals surface area (Å²) in [5.74, 6) is 0.402. The molecule has 0 aliphatic heterocycles. The lowest BCUT2D eigenvalue weighted by molar-refractivity contribution is -0.128. The lowest BCUT2D eigenvalue weighted by Gasteiger charge is -2.15. The maximum Gasteiger partial charge on any atom is 0.260 e. The number of amides is 2. The van der Waals surface area contributed by atoms with Crippen molar-refractivity contribution in [3.05, 3.63) is 29.8 Å². The lowest BCUT2D eigenvalue weighted by Crippen LogP contribution is -2.41. The minimum atomic E-state index is -0.576. The van der Waals surface area contributed by atoms with Gasteiger partial charge in [-0.25, -0.2) is 0 Å². The van der Waals surface area contributed by atoms with Gasteiger partial charge in [-0.1, -0.05) is 26.0 Å². The molecule has 0 spiro atoms. The van der Waals surface area contributed by atoms with Crippen LogP contribution in [0.1, 0.15) is 26.3 Å². The Labute approximate surface area is 126 Å². The average Bonchev–Trinajstić information content (AvgIpc) is 2.42. The third-order valence-corrected chi connectivity index (χ3v) is 2.92. The van der Waals surface area contributed by atoms with E-state index in [0.29, 0.717) is 18.8 Å². The third-order valence-electron chi connectivity index (χ3n) is 2.92. The number of aryl methyl sites for hydroxylation is 1. The van der Waals surface area contributed by atoms with Crippen LogP contribution in [0.5, 0.6) is 5.75 Å². The van der Waals surface area contributed by atoms with Crippen molar-refractivity contribution < 1.29 is 14.3 Å². The van der Waals surface area contributed by atoms with Gasteiger partial charge in [0.2, 0.25) is 5.91 Å². The van der Waals surface area contributed by atoms with E-state index in [-0.39, 0.29) is 17.7 Å². The van der Waals surface area contributed by atoms with E-state index in [0.717, 1.165) is 5.56 Å². The van der Waals surface area contributed by atoms with Crippen molar-refractivity contribution in [1.82, 2.24) is 10.6 Å². The van der Waals surface area contributed by atoms with Gasteiger partial charge < -0.3 is 15.4 Å². The fourth-order valence-corrected chi connectivity index (χ4v) is 1.67. The van der Waals surface area contributed by atoms with Crippen molar-refractivity contribution in [2.24, 2.45) is 5.92 Å². The van der Waals surface area contributed by atoms with Gasteiger partial charge >= 0.3 is 0 Å². The van der Waals surface area contributed by atoms with Gasteiger partial charge in [-0.05, 0) is 31.5 Å². The zero-order valence-corrected chi connectivity index (χ0v) is 13.1. The second-order valence-electron chi connectivity index (χ2n) is 5.31. The van der Waals surface area contributed by atoms with Crippen LogP contribution >= 0.6 is 0 Å². The molecule has 1 aromatic carbocycles. The van der Waals surface area contributed by atoms with E-state index in [9.17, 15) is 9.59 Å². The molecule has 0 saturated carbocycles. The van der Waals surface area contributed by atoms with Crippen LogP contribution in [0.25, 0.3) is 0 Å². The maximum absolute atomic E-state index is 11.9.